The summed E-state index contributed by atoms with van der Waals surface area (Å²) < 4.78 is 0. The van der Waals surface area contributed by atoms with E-state index in [1.807, 2.05) is 6.92 Å². The second-order valence-corrected chi connectivity index (χ2v) is 5.27. The van der Waals surface area contributed by atoms with Crippen molar-refractivity contribution in [3.8, 4) is 0 Å². The molecule has 1 rings (SSSR count). The van der Waals surface area contributed by atoms with Crippen LogP contribution in [0.15, 0.2) is 0 Å². The smallest absolute Gasteiger partial charge is 0.0647 e. The lowest BCUT2D eigenvalue weighted by Gasteiger charge is -2.37. The van der Waals surface area contributed by atoms with E-state index < -0.39 is 0 Å². The standard InChI is InChI=1S/C12H24O/c1-10(2)7-8-11-6-4-5-9-12(11,3)13/h10-11,13H,4-9H2,1-3H3. The van der Waals surface area contributed by atoms with Gasteiger partial charge in [0.25, 0.3) is 0 Å². The Morgan fingerprint density at radius 3 is 2.62 bits per heavy atom. The van der Waals surface area contributed by atoms with Crippen LogP contribution in [0, 0.1) is 11.8 Å². The monoisotopic (exact) mass is 184 g/mol. The molecule has 0 aromatic heterocycles. The molecule has 0 aliphatic heterocycles. The topological polar surface area (TPSA) is 20.2 Å². The summed E-state index contributed by atoms with van der Waals surface area (Å²) in [5.74, 6) is 1.33. The molecule has 0 saturated heterocycles. The molecule has 1 aliphatic rings. The minimum Gasteiger partial charge on any atom is -0.390 e. The van der Waals surface area contributed by atoms with Crippen LogP contribution in [0.3, 0.4) is 0 Å². The minimum absolute atomic E-state index is 0.368. The maximum Gasteiger partial charge on any atom is 0.0647 e. The van der Waals surface area contributed by atoms with Crippen LogP contribution >= 0.6 is 0 Å². The molecule has 0 radical (unpaired) electrons. The van der Waals surface area contributed by atoms with Crippen LogP contribution in [0.5, 0.6) is 0 Å². The Morgan fingerprint density at radius 1 is 1.38 bits per heavy atom. The molecule has 1 aliphatic carbocycles. The number of hydrogen-bond acceptors (Lipinski definition) is 1. The third-order valence-corrected chi connectivity index (χ3v) is 3.46. The van der Waals surface area contributed by atoms with Crippen LogP contribution in [0.25, 0.3) is 0 Å². The lowest BCUT2D eigenvalue weighted by atomic mass is 9.74. The van der Waals surface area contributed by atoms with Crippen molar-refractivity contribution in [1.82, 2.24) is 0 Å². The van der Waals surface area contributed by atoms with Crippen molar-refractivity contribution in [2.45, 2.75) is 64.9 Å². The van der Waals surface area contributed by atoms with Crippen molar-refractivity contribution in [1.29, 1.82) is 0 Å². The lowest BCUT2D eigenvalue weighted by molar-refractivity contribution is -0.0365. The first-order valence-electron chi connectivity index (χ1n) is 5.75. The second-order valence-electron chi connectivity index (χ2n) is 5.27. The van der Waals surface area contributed by atoms with Crippen LogP contribution in [0.4, 0.5) is 0 Å². The zero-order valence-electron chi connectivity index (χ0n) is 9.34. The van der Waals surface area contributed by atoms with E-state index in [0.717, 1.165) is 12.3 Å². The molecule has 2 atom stereocenters. The summed E-state index contributed by atoms with van der Waals surface area (Å²) >= 11 is 0. The van der Waals surface area contributed by atoms with Gasteiger partial charge in [0.15, 0.2) is 0 Å². The van der Waals surface area contributed by atoms with Gasteiger partial charge in [0.1, 0.15) is 0 Å². The molecule has 1 fully saturated rings. The van der Waals surface area contributed by atoms with Crippen molar-refractivity contribution in [3.05, 3.63) is 0 Å². The maximum absolute atomic E-state index is 10.1. The molecule has 1 heteroatoms. The Balaban J connectivity index is 2.37. The fourth-order valence-corrected chi connectivity index (χ4v) is 2.38. The molecule has 1 saturated carbocycles. The summed E-state index contributed by atoms with van der Waals surface area (Å²) in [5, 5.41) is 10.1. The summed E-state index contributed by atoms with van der Waals surface area (Å²) in [6, 6.07) is 0. The van der Waals surface area contributed by atoms with E-state index in [4.69, 9.17) is 0 Å². The minimum atomic E-state index is -0.368. The Bertz CT molecular complexity index is 149. The van der Waals surface area contributed by atoms with Gasteiger partial charge >= 0.3 is 0 Å². The molecule has 0 aromatic carbocycles. The quantitative estimate of drug-likeness (QED) is 0.713. The van der Waals surface area contributed by atoms with Crippen molar-refractivity contribution in [3.63, 3.8) is 0 Å². The van der Waals surface area contributed by atoms with Gasteiger partial charge in [-0.15, -0.1) is 0 Å². The molecular weight excluding hydrogens is 160 g/mol. The maximum atomic E-state index is 10.1. The van der Waals surface area contributed by atoms with E-state index in [-0.39, 0.29) is 5.60 Å². The molecule has 0 bridgehead atoms. The summed E-state index contributed by atoms with van der Waals surface area (Å²) in [7, 11) is 0. The van der Waals surface area contributed by atoms with E-state index in [1.165, 1.54) is 32.1 Å². The molecule has 1 N–H and O–H groups in total. The van der Waals surface area contributed by atoms with Gasteiger partial charge in [-0.2, -0.15) is 0 Å². The number of rotatable bonds is 3. The largest absolute Gasteiger partial charge is 0.390 e. The SMILES string of the molecule is CC(C)CCC1CCCCC1(C)O. The van der Waals surface area contributed by atoms with Gasteiger partial charge in [-0.1, -0.05) is 33.1 Å². The Labute approximate surface area is 82.5 Å². The van der Waals surface area contributed by atoms with Crippen LogP contribution in [0.1, 0.15) is 59.3 Å². The van der Waals surface area contributed by atoms with Crippen LogP contribution < -0.4 is 0 Å². The molecule has 1 nitrogen and oxygen atoms in total. The highest BCUT2D eigenvalue weighted by Gasteiger charge is 2.33. The Morgan fingerprint density at radius 2 is 2.08 bits per heavy atom. The van der Waals surface area contributed by atoms with Gasteiger partial charge in [-0.3, -0.25) is 0 Å². The second kappa shape index (κ2) is 4.45. The van der Waals surface area contributed by atoms with E-state index in [2.05, 4.69) is 13.8 Å². The zero-order valence-corrected chi connectivity index (χ0v) is 9.34. The first-order chi connectivity index (χ1) is 6.02. The number of aliphatic hydroxyl groups is 1. The molecular formula is C12H24O. The summed E-state index contributed by atoms with van der Waals surface area (Å²) in [5.41, 5.74) is -0.368. The highest BCUT2D eigenvalue weighted by Crippen LogP contribution is 2.36. The summed E-state index contributed by atoms with van der Waals surface area (Å²) in [6.45, 7) is 6.55. The van der Waals surface area contributed by atoms with Gasteiger partial charge < -0.3 is 5.11 Å². The van der Waals surface area contributed by atoms with E-state index in [0.29, 0.717) is 5.92 Å². The zero-order chi connectivity index (χ0) is 9.90. The molecule has 0 heterocycles. The van der Waals surface area contributed by atoms with Gasteiger partial charge in [0, 0.05) is 0 Å². The van der Waals surface area contributed by atoms with Gasteiger partial charge in [-0.05, 0) is 38.0 Å². The van der Waals surface area contributed by atoms with E-state index in [9.17, 15) is 5.11 Å². The average molecular weight is 184 g/mol. The summed E-state index contributed by atoms with van der Waals surface area (Å²) in [4.78, 5) is 0. The molecule has 2 unspecified atom stereocenters. The van der Waals surface area contributed by atoms with Gasteiger partial charge in [-0.25, -0.2) is 0 Å². The molecule has 0 amide bonds. The fourth-order valence-electron chi connectivity index (χ4n) is 2.38. The fraction of sp³-hybridized carbons (Fsp3) is 1.00. The average Bonchev–Trinajstić information content (AvgIpc) is 2.01. The predicted molar refractivity (Wildman–Crippen MR) is 56.7 cm³/mol. The van der Waals surface area contributed by atoms with Crippen LogP contribution in [0.2, 0.25) is 0 Å². The van der Waals surface area contributed by atoms with E-state index in [1.54, 1.807) is 0 Å². The molecule has 78 valence electrons. The van der Waals surface area contributed by atoms with Crippen molar-refractivity contribution < 1.29 is 5.11 Å². The molecule has 13 heavy (non-hydrogen) atoms. The van der Waals surface area contributed by atoms with Crippen LogP contribution in [-0.2, 0) is 0 Å². The molecule has 0 aromatic rings. The third kappa shape index (κ3) is 3.30. The number of hydrogen-bond donors (Lipinski definition) is 1. The Kier molecular flexibility index (Phi) is 3.78. The molecule has 0 spiro atoms. The predicted octanol–water partition coefficient (Wildman–Crippen LogP) is 3.36. The normalized spacial score (nSPS) is 35.3. The van der Waals surface area contributed by atoms with Crippen molar-refractivity contribution in [2.24, 2.45) is 11.8 Å². The Hall–Kier alpha value is -0.0400. The van der Waals surface area contributed by atoms with Crippen LogP contribution in [-0.4, -0.2) is 10.7 Å². The van der Waals surface area contributed by atoms with Gasteiger partial charge in [0.05, 0.1) is 5.60 Å². The summed E-state index contributed by atoms with van der Waals surface area (Å²) in [6.07, 6.45) is 7.26. The highest BCUT2D eigenvalue weighted by molar-refractivity contribution is 4.85. The first kappa shape index (κ1) is 11.0. The highest BCUT2D eigenvalue weighted by atomic mass is 16.3. The van der Waals surface area contributed by atoms with Gasteiger partial charge in [0.2, 0.25) is 0 Å². The lowest BCUT2D eigenvalue weighted by Crippen LogP contribution is -2.37. The third-order valence-electron chi connectivity index (χ3n) is 3.46. The van der Waals surface area contributed by atoms with Crippen molar-refractivity contribution >= 4 is 0 Å². The van der Waals surface area contributed by atoms with Crippen molar-refractivity contribution in [2.75, 3.05) is 0 Å². The first-order valence-corrected chi connectivity index (χ1v) is 5.75. The van der Waals surface area contributed by atoms with E-state index >= 15 is 0 Å².